The zero-order chi connectivity index (χ0) is 14.8. The molecule has 4 nitrogen and oxygen atoms in total. The highest BCUT2D eigenvalue weighted by molar-refractivity contribution is 5.95. The van der Waals surface area contributed by atoms with Crippen molar-refractivity contribution >= 4 is 11.6 Å². The van der Waals surface area contributed by atoms with E-state index in [9.17, 15) is 4.79 Å². The van der Waals surface area contributed by atoms with Gasteiger partial charge in [-0.25, -0.2) is 0 Å². The lowest BCUT2D eigenvalue weighted by atomic mass is 10.0. The molecular formula is C17H25N3O. The molecule has 114 valence electrons. The van der Waals surface area contributed by atoms with E-state index < -0.39 is 0 Å². The van der Waals surface area contributed by atoms with E-state index in [1.165, 1.54) is 32.4 Å². The topological polar surface area (TPSA) is 49.6 Å². The highest BCUT2D eigenvalue weighted by atomic mass is 16.2. The van der Waals surface area contributed by atoms with Crippen LogP contribution in [-0.4, -0.2) is 47.9 Å². The summed E-state index contributed by atoms with van der Waals surface area (Å²) in [5, 5.41) is 0. The molecule has 0 bridgehead atoms. The fourth-order valence-electron chi connectivity index (χ4n) is 3.50. The Morgan fingerprint density at radius 3 is 2.67 bits per heavy atom. The summed E-state index contributed by atoms with van der Waals surface area (Å²) < 4.78 is 0. The van der Waals surface area contributed by atoms with E-state index in [-0.39, 0.29) is 5.91 Å². The number of aryl methyl sites for hydroxylation is 1. The van der Waals surface area contributed by atoms with Crippen LogP contribution in [0, 0.1) is 6.92 Å². The van der Waals surface area contributed by atoms with Gasteiger partial charge >= 0.3 is 0 Å². The van der Waals surface area contributed by atoms with Gasteiger partial charge in [-0.15, -0.1) is 0 Å². The van der Waals surface area contributed by atoms with Gasteiger partial charge in [-0.05, 0) is 63.4 Å². The molecule has 2 heterocycles. The number of carbonyl (C=O) groups excluding carboxylic acids is 1. The molecule has 1 amide bonds. The van der Waals surface area contributed by atoms with Crippen LogP contribution in [0.15, 0.2) is 18.2 Å². The lowest BCUT2D eigenvalue weighted by Gasteiger charge is -2.37. The maximum atomic E-state index is 12.7. The summed E-state index contributed by atoms with van der Waals surface area (Å²) in [5.41, 5.74) is 8.39. The van der Waals surface area contributed by atoms with Crippen molar-refractivity contribution in [2.24, 2.45) is 0 Å². The summed E-state index contributed by atoms with van der Waals surface area (Å²) in [6.07, 6.45) is 4.94. The van der Waals surface area contributed by atoms with Gasteiger partial charge in [0.2, 0.25) is 0 Å². The number of nitrogens with zero attached hydrogens (tertiary/aromatic N) is 2. The molecule has 0 aromatic heterocycles. The predicted octanol–water partition coefficient (Wildman–Crippen LogP) is 2.28. The number of piperidine rings is 1. The fourth-order valence-corrected chi connectivity index (χ4v) is 3.50. The number of nitrogens with two attached hydrogens (primary N) is 1. The zero-order valence-corrected chi connectivity index (χ0v) is 12.8. The molecule has 2 saturated heterocycles. The summed E-state index contributed by atoms with van der Waals surface area (Å²) in [6.45, 7) is 6.10. The molecule has 0 aliphatic carbocycles. The number of amides is 1. The van der Waals surface area contributed by atoms with Crippen molar-refractivity contribution in [3.63, 3.8) is 0 Å². The van der Waals surface area contributed by atoms with Crippen LogP contribution in [-0.2, 0) is 0 Å². The Labute approximate surface area is 126 Å². The van der Waals surface area contributed by atoms with Gasteiger partial charge in [0.25, 0.3) is 5.91 Å². The van der Waals surface area contributed by atoms with Gasteiger partial charge in [-0.3, -0.25) is 9.69 Å². The van der Waals surface area contributed by atoms with Gasteiger partial charge in [0.05, 0.1) is 0 Å². The van der Waals surface area contributed by atoms with Crippen molar-refractivity contribution < 1.29 is 4.79 Å². The summed E-state index contributed by atoms with van der Waals surface area (Å²) in [6, 6.07) is 6.20. The maximum absolute atomic E-state index is 12.7. The minimum atomic E-state index is 0.130. The molecule has 2 N–H and O–H groups in total. The highest BCUT2D eigenvalue weighted by Gasteiger charge is 2.29. The lowest BCUT2D eigenvalue weighted by molar-refractivity contribution is 0.0608. The third-order valence-electron chi connectivity index (χ3n) is 4.87. The fraction of sp³-hybridized carbons (Fsp3) is 0.588. The normalized spacial score (nSPS) is 23.5. The first-order valence-corrected chi connectivity index (χ1v) is 8.04. The van der Waals surface area contributed by atoms with Crippen LogP contribution >= 0.6 is 0 Å². The van der Waals surface area contributed by atoms with Gasteiger partial charge in [0, 0.05) is 30.4 Å². The molecule has 1 aromatic carbocycles. The van der Waals surface area contributed by atoms with Crippen LogP contribution in [0.3, 0.4) is 0 Å². The van der Waals surface area contributed by atoms with E-state index in [2.05, 4.69) is 4.90 Å². The number of benzene rings is 1. The molecule has 1 atom stereocenters. The summed E-state index contributed by atoms with van der Waals surface area (Å²) in [7, 11) is 0. The minimum Gasteiger partial charge on any atom is -0.398 e. The van der Waals surface area contributed by atoms with Gasteiger partial charge in [0.1, 0.15) is 0 Å². The van der Waals surface area contributed by atoms with Crippen LogP contribution < -0.4 is 5.73 Å². The van der Waals surface area contributed by atoms with Gasteiger partial charge in [-0.2, -0.15) is 0 Å². The number of anilines is 1. The van der Waals surface area contributed by atoms with Crippen LogP contribution in [0.5, 0.6) is 0 Å². The van der Waals surface area contributed by atoms with Crippen molar-refractivity contribution in [2.75, 3.05) is 31.9 Å². The highest BCUT2D eigenvalue weighted by Crippen LogP contribution is 2.22. The van der Waals surface area contributed by atoms with E-state index in [0.717, 1.165) is 30.6 Å². The van der Waals surface area contributed by atoms with Crippen LogP contribution in [0.1, 0.15) is 41.6 Å². The molecule has 2 aliphatic heterocycles. The Bertz CT molecular complexity index is 523. The number of rotatable bonds is 2. The second-order valence-corrected chi connectivity index (χ2v) is 6.36. The van der Waals surface area contributed by atoms with E-state index in [4.69, 9.17) is 5.73 Å². The molecular weight excluding hydrogens is 262 g/mol. The van der Waals surface area contributed by atoms with Crippen molar-refractivity contribution in [3.05, 3.63) is 29.3 Å². The average Bonchev–Trinajstić information content (AvgIpc) is 3.04. The molecule has 0 spiro atoms. The third-order valence-corrected chi connectivity index (χ3v) is 4.87. The van der Waals surface area contributed by atoms with Crippen molar-refractivity contribution in [1.29, 1.82) is 0 Å². The molecule has 21 heavy (non-hydrogen) atoms. The number of carbonyl (C=O) groups is 1. The first kappa shape index (κ1) is 14.4. The average molecular weight is 287 g/mol. The SMILES string of the molecule is Cc1ccc(C(=O)N2CCCC(N3CCCC3)C2)cc1N. The van der Waals surface area contributed by atoms with Crippen LogP contribution in [0.25, 0.3) is 0 Å². The Balaban J connectivity index is 1.70. The van der Waals surface area contributed by atoms with Crippen LogP contribution in [0.2, 0.25) is 0 Å². The maximum Gasteiger partial charge on any atom is 0.253 e. The van der Waals surface area contributed by atoms with Crippen molar-refractivity contribution in [3.8, 4) is 0 Å². The summed E-state index contributed by atoms with van der Waals surface area (Å²) >= 11 is 0. The molecule has 1 unspecified atom stereocenters. The quantitative estimate of drug-likeness (QED) is 0.849. The Morgan fingerprint density at radius 1 is 1.19 bits per heavy atom. The lowest BCUT2D eigenvalue weighted by Crippen LogP contribution is -2.49. The second kappa shape index (κ2) is 6.06. The molecule has 4 heteroatoms. The molecule has 3 rings (SSSR count). The first-order valence-electron chi connectivity index (χ1n) is 8.04. The van der Waals surface area contributed by atoms with Crippen molar-refractivity contribution in [2.45, 2.75) is 38.6 Å². The Hall–Kier alpha value is -1.55. The number of hydrogen-bond acceptors (Lipinski definition) is 3. The van der Waals surface area contributed by atoms with E-state index in [1.54, 1.807) is 0 Å². The van der Waals surface area contributed by atoms with Crippen molar-refractivity contribution in [1.82, 2.24) is 9.80 Å². The monoisotopic (exact) mass is 287 g/mol. The molecule has 0 radical (unpaired) electrons. The van der Waals surface area contributed by atoms with Crippen LogP contribution in [0.4, 0.5) is 5.69 Å². The van der Waals surface area contributed by atoms with Gasteiger partial charge in [-0.1, -0.05) is 6.07 Å². The second-order valence-electron chi connectivity index (χ2n) is 6.36. The third kappa shape index (κ3) is 3.05. The van der Waals surface area contributed by atoms with E-state index >= 15 is 0 Å². The molecule has 2 aliphatic rings. The largest absolute Gasteiger partial charge is 0.398 e. The van der Waals surface area contributed by atoms with Gasteiger partial charge in [0.15, 0.2) is 0 Å². The number of likely N-dealkylation sites (tertiary alicyclic amines) is 2. The van der Waals surface area contributed by atoms with E-state index in [1.807, 2.05) is 30.0 Å². The summed E-state index contributed by atoms with van der Waals surface area (Å²) in [5.74, 6) is 0.130. The Kier molecular flexibility index (Phi) is 4.15. The minimum absolute atomic E-state index is 0.130. The predicted molar refractivity (Wildman–Crippen MR) is 85.3 cm³/mol. The first-order chi connectivity index (χ1) is 10.1. The van der Waals surface area contributed by atoms with E-state index in [0.29, 0.717) is 11.7 Å². The zero-order valence-electron chi connectivity index (χ0n) is 12.8. The number of nitrogen functional groups attached to an aromatic ring is 1. The summed E-state index contributed by atoms with van der Waals surface area (Å²) in [4.78, 5) is 17.2. The molecule has 2 fully saturated rings. The molecule has 0 saturated carbocycles. The molecule has 1 aromatic rings. The smallest absolute Gasteiger partial charge is 0.253 e. The Morgan fingerprint density at radius 2 is 1.95 bits per heavy atom. The standard InChI is InChI=1S/C17H25N3O/c1-13-6-7-14(11-16(13)18)17(21)20-10-4-5-15(12-20)19-8-2-3-9-19/h6-7,11,15H,2-5,8-10,12,18H2,1H3. The number of hydrogen-bond donors (Lipinski definition) is 1. The van der Waals surface area contributed by atoms with Gasteiger partial charge < -0.3 is 10.6 Å².